The number of rotatable bonds is 7. The summed E-state index contributed by atoms with van der Waals surface area (Å²) in [5, 5.41) is 6.68. The smallest absolute Gasteiger partial charge is 0.191 e. The Morgan fingerprint density at radius 1 is 1.20 bits per heavy atom. The number of likely N-dealkylation sites (N-methyl/N-ethyl adjacent to an activating group) is 1. The first-order valence-corrected chi connectivity index (χ1v) is 9.07. The highest BCUT2D eigenvalue weighted by Crippen LogP contribution is 2.26. The Hall–Kier alpha value is -1.66. The first-order chi connectivity index (χ1) is 12.1. The number of halogens is 1. The topological polar surface area (TPSA) is 48.9 Å². The fraction of sp³-hybridized carbons (Fsp3) is 0.632. The highest BCUT2D eigenvalue weighted by atomic mass is 19.1. The van der Waals surface area contributed by atoms with Gasteiger partial charge < -0.3 is 20.3 Å². The molecule has 0 saturated carbocycles. The molecule has 0 aliphatic carbocycles. The summed E-state index contributed by atoms with van der Waals surface area (Å²) in [5.41, 5.74) is 1.18. The molecule has 0 spiro atoms. The van der Waals surface area contributed by atoms with E-state index in [9.17, 15) is 4.39 Å². The number of hydrogen-bond acceptors (Lipinski definition) is 3. The molecule has 2 rings (SSSR count). The van der Waals surface area contributed by atoms with Gasteiger partial charge in [0.15, 0.2) is 5.96 Å². The van der Waals surface area contributed by atoms with Gasteiger partial charge >= 0.3 is 0 Å². The van der Waals surface area contributed by atoms with Crippen LogP contribution in [0.3, 0.4) is 0 Å². The lowest BCUT2D eigenvalue weighted by molar-refractivity contribution is -0.00254. The van der Waals surface area contributed by atoms with Crippen LogP contribution in [0.25, 0.3) is 0 Å². The summed E-state index contributed by atoms with van der Waals surface area (Å²) in [6, 6.07) is 6.65. The van der Waals surface area contributed by atoms with E-state index < -0.39 is 0 Å². The van der Waals surface area contributed by atoms with Crippen LogP contribution >= 0.6 is 0 Å². The lowest BCUT2D eigenvalue weighted by atomic mass is 9.89. The molecule has 0 amide bonds. The Bertz CT molecular complexity index is 539. The van der Waals surface area contributed by atoms with Crippen molar-refractivity contribution in [3.63, 3.8) is 0 Å². The molecule has 25 heavy (non-hydrogen) atoms. The Morgan fingerprint density at radius 2 is 1.88 bits per heavy atom. The predicted molar refractivity (Wildman–Crippen MR) is 101 cm³/mol. The Balaban J connectivity index is 1.91. The molecule has 1 saturated heterocycles. The molecule has 1 aliphatic rings. The Kier molecular flexibility index (Phi) is 7.65. The van der Waals surface area contributed by atoms with Gasteiger partial charge in [-0.1, -0.05) is 12.1 Å². The summed E-state index contributed by atoms with van der Waals surface area (Å²) in [5.74, 6) is 0.634. The number of guanidine groups is 1. The number of hydrogen-bond donors (Lipinski definition) is 2. The van der Waals surface area contributed by atoms with E-state index >= 15 is 0 Å². The van der Waals surface area contributed by atoms with E-state index in [0.29, 0.717) is 0 Å². The van der Waals surface area contributed by atoms with Crippen LogP contribution < -0.4 is 10.6 Å². The molecule has 1 heterocycles. The fourth-order valence-corrected chi connectivity index (χ4v) is 3.04. The van der Waals surface area contributed by atoms with E-state index in [1.54, 1.807) is 0 Å². The zero-order chi connectivity index (χ0) is 18.1. The molecule has 0 atom stereocenters. The molecular weight excluding hydrogens is 319 g/mol. The first-order valence-electron chi connectivity index (χ1n) is 9.07. The second-order valence-electron chi connectivity index (χ2n) is 6.73. The number of nitrogens with one attached hydrogen (secondary N) is 2. The van der Waals surface area contributed by atoms with Crippen LogP contribution in [-0.2, 0) is 11.2 Å². The van der Waals surface area contributed by atoms with Crippen LogP contribution in [-0.4, -0.2) is 63.3 Å². The zero-order valence-corrected chi connectivity index (χ0v) is 15.6. The molecule has 5 nitrogen and oxygen atoms in total. The van der Waals surface area contributed by atoms with Crippen LogP contribution in [0, 0.1) is 5.82 Å². The van der Waals surface area contributed by atoms with Crippen molar-refractivity contribution < 1.29 is 9.13 Å². The van der Waals surface area contributed by atoms with Crippen molar-refractivity contribution in [1.29, 1.82) is 0 Å². The van der Waals surface area contributed by atoms with Crippen molar-refractivity contribution in [2.75, 3.05) is 46.9 Å². The molecule has 0 aromatic heterocycles. The van der Waals surface area contributed by atoms with Gasteiger partial charge in [0.25, 0.3) is 0 Å². The summed E-state index contributed by atoms with van der Waals surface area (Å²) < 4.78 is 18.5. The van der Waals surface area contributed by atoms with Crippen molar-refractivity contribution in [3.05, 3.63) is 35.6 Å². The molecule has 6 heteroatoms. The lowest BCUT2D eigenvalue weighted by Crippen LogP contribution is -2.51. The predicted octanol–water partition coefficient (Wildman–Crippen LogP) is 2.03. The molecular formula is C19H31FN4O. The van der Waals surface area contributed by atoms with E-state index in [0.717, 1.165) is 63.6 Å². The second kappa shape index (κ2) is 9.73. The minimum Gasteiger partial charge on any atom is -0.381 e. The van der Waals surface area contributed by atoms with E-state index in [1.807, 2.05) is 12.1 Å². The minimum absolute atomic E-state index is 0.0670. The summed E-state index contributed by atoms with van der Waals surface area (Å²) >= 11 is 0. The van der Waals surface area contributed by atoms with Gasteiger partial charge in [-0.15, -0.1) is 0 Å². The highest BCUT2D eigenvalue weighted by Gasteiger charge is 2.34. The normalized spacial score (nSPS) is 17.6. The first kappa shape index (κ1) is 19.7. The van der Waals surface area contributed by atoms with Gasteiger partial charge in [0.05, 0.1) is 6.54 Å². The second-order valence-corrected chi connectivity index (χ2v) is 6.73. The van der Waals surface area contributed by atoms with Crippen LogP contribution in [0.4, 0.5) is 4.39 Å². The third-order valence-corrected chi connectivity index (χ3v) is 4.87. The fourth-order valence-electron chi connectivity index (χ4n) is 3.04. The molecule has 0 radical (unpaired) electrons. The number of benzene rings is 1. The quantitative estimate of drug-likeness (QED) is 0.584. The molecule has 0 bridgehead atoms. The average Bonchev–Trinajstić information content (AvgIpc) is 2.62. The van der Waals surface area contributed by atoms with Gasteiger partial charge in [-0.3, -0.25) is 4.99 Å². The van der Waals surface area contributed by atoms with E-state index in [2.05, 4.69) is 36.6 Å². The monoisotopic (exact) mass is 350 g/mol. The van der Waals surface area contributed by atoms with Crippen molar-refractivity contribution in [2.24, 2.45) is 4.99 Å². The summed E-state index contributed by atoms with van der Waals surface area (Å²) in [6.45, 7) is 5.98. The summed E-state index contributed by atoms with van der Waals surface area (Å²) in [6.07, 6.45) is 2.83. The standard InChI is InChI=1S/C19H31FN4O/c1-4-21-18(22-12-9-16-5-7-17(20)8-6-16)23-15-19(24(2)3)10-13-25-14-11-19/h5-8H,4,9-15H2,1-3H3,(H2,21,22,23). The molecule has 1 aliphatic heterocycles. The van der Waals surface area contributed by atoms with Gasteiger partial charge in [0.2, 0.25) is 0 Å². The van der Waals surface area contributed by atoms with E-state index in [4.69, 9.17) is 9.73 Å². The molecule has 1 fully saturated rings. The van der Waals surface area contributed by atoms with Crippen LogP contribution in [0.2, 0.25) is 0 Å². The minimum atomic E-state index is -0.197. The van der Waals surface area contributed by atoms with Crippen LogP contribution in [0.5, 0.6) is 0 Å². The Labute approximate surface area is 150 Å². The van der Waals surface area contributed by atoms with Gasteiger partial charge in [-0.25, -0.2) is 4.39 Å². The Morgan fingerprint density at radius 3 is 2.48 bits per heavy atom. The van der Waals surface area contributed by atoms with Gasteiger partial charge in [-0.2, -0.15) is 0 Å². The van der Waals surface area contributed by atoms with E-state index in [-0.39, 0.29) is 11.4 Å². The summed E-state index contributed by atoms with van der Waals surface area (Å²) in [4.78, 5) is 7.09. The largest absolute Gasteiger partial charge is 0.381 e. The molecule has 2 N–H and O–H groups in total. The van der Waals surface area contributed by atoms with E-state index in [1.165, 1.54) is 12.1 Å². The maximum atomic E-state index is 13.0. The third kappa shape index (κ3) is 5.97. The van der Waals surface area contributed by atoms with Crippen molar-refractivity contribution in [3.8, 4) is 0 Å². The van der Waals surface area contributed by atoms with Gasteiger partial charge in [0, 0.05) is 31.8 Å². The zero-order valence-electron chi connectivity index (χ0n) is 15.6. The summed E-state index contributed by atoms with van der Waals surface area (Å²) in [7, 11) is 4.24. The number of ether oxygens (including phenoxy) is 1. The van der Waals surface area contributed by atoms with Crippen LogP contribution in [0.15, 0.2) is 29.3 Å². The van der Waals surface area contributed by atoms with Crippen molar-refractivity contribution >= 4 is 5.96 Å². The van der Waals surface area contributed by atoms with Crippen molar-refractivity contribution in [1.82, 2.24) is 15.5 Å². The highest BCUT2D eigenvalue weighted by molar-refractivity contribution is 5.79. The average molecular weight is 350 g/mol. The third-order valence-electron chi connectivity index (χ3n) is 4.87. The SMILES string of the molecule is CCNC(=NCC1(N(C)C)CCOCC1)NCCc1ccc(F)cc1. The maximum absolute atomic E-state index is 13.0. The lowest BCUT2D eigenvalue weighted by Gasteiger charge is -2.41. The van der Waals surface area contributed by atoms with Gasteiger partial charge in [-0.05, 0) is 58.0 Å². The number of nitrogens with zero attached hydrogens (tertiary/aromatic N) is 2. The van der Waals surface area contributed by atoms with Crippen LogP contribution in [0.1, 0.15) is 25.3 Å². The molecule has 1 aromatic rings. The molecule has 1 aromatic carbocycles. The van der Waals surface area contributed by atoms with Gasteiger partial charge in [0.1, 0.15) is 5.82 Å². The molecule has 0 unspecified atom stereocenters. The van der Waals surface area contributed by atoms with Crippen molar-refractivity contribution in [2.45, 2.75) is 31.7 Å². The number of aliphatic imine (C=N–C) groups is 1. The maximum Gasteiger partial charge on any atom is 0.191 e. The molecule has 140 valence electrons.